The number of anilines is 3. The molecule has 19 heavy (non-hydrogen) atoms. The summed E-state index contributed by atoms with van der Waals surface area (Å²) >= 11 is 0. The van der Waals surface area contributed by atoms with E-state index in [1.54, 1.807) is 6.20 Å². The van der Waals surface area contributed by atoms with Crippen LogP contribution in [0.15, 0.2) is 36.5 Å². The molecule has 0 aliphatic carbocycles. The van der Waals surface area contributed by atoms with E-state index in [9.17, 15) is 0 Å². The molecular formula is C15H20N4. The summed E-state index contributed by atoms with van der Waals surface area (Å²) in [6, 6.07) is 10.2. The fourth-order valence-electron chi connectivity index (χ4n) is 1.92. The third-order valence-corrected chi connectivity index (χ3v) is 2.84. The first-order chi connectivity index (χ1) is 9.20. The summed E-state index contributed by atoms with van der Waals surface area (Å²) in [6.45, 7) is 7.21. The quantitative estimate of drug-likeness (QED) is 0.855. The lowest BCUT2D eigenvalue weighted by Gasteiger charge is -2.14. The molecular weight excluding hydrogens is 236 g/mol. The number of benzene rings is 1. The Bertz CT molecular complexity index is 537. The SMILES string of the molecule is CCNc1nccc(Nc2ccccc2C(C)C)n1. The molecule has 1 heterocycles. The second-order valence-corrected chi connectivity index (χ2v) is 4.66. The molecule has 1 aromatic heterocycles. The van der Waals surface area contributed by atoms with E-state index >= 15 is 0 Å². The van der Waals surface area contributed by atoms with Crippen molar-refractivity contribution in [3.8, 4) is 0 Å². The Kier molecular flexibility index (Phi) is 4.34. The molecule has 0 aliphatic heterocycles. The zero-order valence-electron chi connectivity index (χ0n) is 11.6. The van der Waals surface area contributed by atoms with Crippen molar-refractivity contribution in [2.45, 2.75) is 26.7 Å². The van der Waals surface area contributed by atoms with Gasteiger partial charge in [0.25, 0.3) is 0 Å². The first kappa shape index (κ1) is 13.3. The number of nitrogens with zero attached hydrogens (tertiary/aromatic N) is 2. The van der Waals surface area contributed by atoms with Crippen LogP contribution < -0.4 is 10.6 Å². The van der Waals surface area contributed by atoms with Crippen LogP contribution in [-0.2, 0) is 0 Å². The van der Waals surface area contributed by atoms with Crippen LogP contribution in [0, 0.1) is 0 Å². The van der Waals surface area contributed by atoms with E-state index in [2.05, 4.69) is 52.6 Å². The monoisotopic (exact) mass is 256 g/mol. The molecule has 2 N–H and O–H groups in total. The highest BCUT2D eigenvalue weighted by atomic mass is 15.1. The molecule has 0 spiro atoms. The number of hydrogen-bond acceptors (Lipinski definition) is 4. The highest BCUT2D eigenvalue weighted by molar-refractivity contribution is 5.61. The average molecular weight is 256 g/mol. The van der Waals surface area contributed by atoms with Gasteiger partial charge in [-0.25, -0.2) is 4.98 Å². The molecule has 0 unspecified atom stereocenters. The predicted octanol–water partition coefficient (Wildman–Crippen LogP) is 3.78. The molecule has 4 heteroatoms. The lowest BCUT2D eigenvalue weighted by atomic mass is 10.0. The Balaban J connectivity index is 2.23. The minimum Gasteiger partial charge on any atom is -0.354 e. The Labute approximate surface area is 114 Å². The zero-order valence-corrected chi connectivity index (χ0v) is 11.6. The van der Waals surface area contributed by atoms with Gasteiger partial charge < -0.3 is 10.6 Å². The molecule has 1 aromatic carbocycles. The van der Waals surface area contributed by atoms with E-state index < -0.39 is 0 Å². The van der Waals surface area contributed by atoms with Crippen molar-refractivity contribution in [1.82, 2.24) is 9.97 Å². The first-order valence-electron chi connectivity index (χ1n) is 6.63. The van der Waals surface area contributed by atoms with Crippen molar-refractivity contribution < 1.29 is 0 Å². The molecule has 0 saturated heterocycles. The lowest BCUT2D eigenvalue weighted by Crippen LogP contribution is -2.04. The standard InChI is InChI=1S/C15H20N4/c1-4-16-15-17-10-9-14(19-15)18-13-8-6-5-7-12(13)11(2)3/h5-11H,4H2,1-3H3,(H2,16,17,18,19). The molecule has 0 saturated carbocycles. The molecule has 0 amide bonds. The van der Waals surface area contributed by atoms with Crippen LogP contribution in [0.5, 0.6) is 0 Å². The zero-order chi connectivity index (χ0) is 13.7. The highest BCUT2D eigenvalue weighted by Crippen LogP contribution is 2.26. The Hall–Kier alpha value is -2.10. The number of hydrogen-bond donors (Lipinski definition) is 2. The van der Waals surface area contributed by atoms with Gasteiger partial charge in [0.2, 0.25) is 5.95 Å². The van der Waals surface area contributed by atoms with Gasteiger partial charge in [0.15, 0.2) is 0 Å². The molecule has 0 bridgehead atoms. The fraction of sp³-hybridized carbons (Fsp3) is 0.333. The first-order valence-corrected chi connectivity index (χ1v) is 6.63. The van der Waals surface area contributed by atoms with Crippen molar-refractivity contribution in [2.24, 2.45) is 0 Å². The van der Waals surface area contributed by atoms with E-state index in [0.29, 0.717) is 11.9 Å². The summed E-state index contributed by atoms with van der Waals surface area (Å²) in [4.78, 5) is 8.59. The molecule has 100 valence electrons. The van der Waals surface area contributed by atoms with Gasteiger partial charge in [-0.1, -0.05) is 32.0 Å². The van der Waals surface area contributed by atoms with Gasteiger partial charge in [-0.3, -0.25) is 0 Å². The van der Waals surface area contributed by atoms with Crippen molar-refractivity contribution in [3.05, 3.63) is 42.1 Å². The van der Waals surface area contributed by atoms with Crippen LogP contribution in [0.2, 0.25) is 0 Å². The topological polar surface area (TPSA) is 49.8 Å². The Morgan fingerprint density at radius 2 is 1.95 bits per heavy atom. The molecule has 2 aromatic rings. The molecule has 0 aliphatic rings. The summed E-state index contributed by atoms with van der Waals surface area (Å²) in [5, 5.41) is 6.47. The van der Waals surface area contributed by atoms with Crippen molar-refractivity contribution in [1.29, 1.82) is 0 Å². The summed E-state index contributed by atoms with van der Waals surface area (Å²) < 4.78 is 0. The van der Waals surface area contributed by atoms with Crippen molar-refractivity contribution >= 4 is 17.5 Å². The van der Waals surface area contributed by atoms with Crippen molar-refractivity contribution in [3.63, 3.8) is 0 Å². The number of rotatable bonds is 5. The Morgan fingerprint density at radius 1 is 1.16 bits per heavy atom. The second-order valence-electron chi connectivity index (χ2n) is 4.66. The summed E-state index contributed by atoms with van der Waals surface area (Å²) in [7, 11) is 0. The minimum atomic E-state index is 0.471. The van der Waals surface area contributed by atoms with Gasteiger partial charge in [0.1, 0.15) is 5.82 Å². The predicted molar refractivity (Wildman–Crippen MR) is 80.0 cm³/mol. The van der Waals surface area contributed by atoms with Gasteiger partial charge >= 0.3 is 0 Å². The normalized spacial score (nSPS) is 10.5. The average Bonchev–Trinajstić information content (AvgIpc) is 2.40. The smallest absolute Gasteiger partial charge is 0.224 e. The van der Waals surface area contributed by atoms with Crippen LogP contribution in [0.3, 0.4) is 0 Å². The summed E-state index contributed by atoms with van der Waals surface area (Å²) in [5.41, 5.74) is 2.38. The third-order valence-electron chi connectivity index (χ3n) is 2.84. The maximum atomic E-state index is 4.42. The summed E-state index contributed by atoms with van der Waals surface area (Å²) in [6.07, 6.45) is 1.76. The van der Waals surface area contributed by atoms with Crippen molar-refractivity contribution in [2.75, 3.05) is 17.2 Å². The number of aromatic nitrogens is 2. The van der Waals surface area contributed by atoms with E-state index in [-0.39, 0.29) is 0 Å². The molecule has 0 atom stereocenters. The van der Waals surface area contributed by atoms with Crippen LogP contribution in [0.25, 0.3) is 0 Å². The molecule has 0 radical (unpaired) electrons. The van der Waals surface area contributed by atoms with Gasteiger partial charge in [0.05, 0.1) is 0 Å². The fourth-order valence-corrected chi connectivity index (χ4v) is 1.92. The number of nitrogens with one attached hydrogen (secondary N) is 2. The summed E-state index contributed by atoms with van der Waals surface area (Å²) in [5.74, 6) is 1.92. The van der Waals surface area contributed by atoms with E-state index in [0.717, 1.165) is 18.1 Å². The third kappa shape index (κ3) is 3.44. The second kappa shape index (κ2) is 6.18. The molecule has 2 rings (SSSR count). The van der Waals surface area contributed by atoms with Crippen LogP contribution in [0.1, 0.15) is 32.3 Å². The van der Waals surface area contributed by atoms with E-state index in [1.165, 1.54) is 5.56 Å². The maximum absolute atomic E-state index is 4.42. The minimum absolute atomic E-state index is 0.471. The largest absolute Gasteiger partial charge is 0.354 e. The van der Waals surface area contributed by atoms with Crippen LogP contribution in [0.4, 0.5) is 17.5 Å². The Morgan fingerprint density at radius 3 is 2.68 bits per heavy atom. The van der Waals surface area contributed by atoms with Crippen LogP contribution in [-0.4, -0.2) is 16.5 Å². The van der Waals surface area contributed by atoms with Gasteiger partial charge in [0, 0.05) is 18.4 Å². The van der Waals surface area contributed by atoms with Gasteiger partial charge in [-0.15, -0.1) is 0 Å². The molecule has 0 fully saturated rings. The van der Waals surface area contributed by atoms with E-state index in [4.69, 9.17) is 0 Å². The van der Waals surface area contributed by atoms with Gasteiger partial charge in [-0.05, 0) is 30.5 Å². The van der Waals surface area contributed by atoms with Crippen LogP contribution >= 0.6 is 0 Å². The highest BCUT2D eigenvalue weighted by Gasteiger charge is 2.06. The number of para-hydroxylation sites is 1. The lowest BCUT2D eigenvalue weighted by molar-refractivity contribution is 0.869. The maximum Gasteiger partial charge on any atom is 0.224 e. The van der Waals surface area contributed by atoms with E-state index in [1.807, 2.05) is 19.1 Å². The van der Waals surface area contributed by atoms with Gasteiger partial charge in [-0.2, -0.15) is 4.98 Å². The molecule has 4 nitrogen and oxygen atoms in total.